The molecule has 2 fully saturated rings. The van der Waals surface area contributed by atoms with Crippen LogP contribution in [0.2, 0.25) is 0 Å². The topological polar surface area (TPSA) is 79.0 Å². The van der Waals surface area contributed by atoms with Crippen LogP contribution in [0.3, 0.4) is 0 Å². The predicted molar refractivity (Wildman–Crippen MR) is 125 cm³/mol. The Hall–Kier alpha value is -1.99. The van der Waals surface area contributed by atoms with Crippen molar-refractivity contribution in [1.29, 1.82) is 0 Å². The van der Waals surface area contributed by atoms with Gasteiger partial charge >= 0.3 is 6.18 Å². The predicted octanol–water partition coefficient (Wildman–Crippen LogP) is 3.36. The number of alkyl halides is 3. The molecule has 0 saturated carbocycles. The molecular formula is C23H28F3N3O4S2. The maximum absolute atomic E-state index is 13.0. The molecule has 1 aromatic carbocycles. The van der Waals surface area contributed by atoms with E-state index in [1.54, 1.807) is 11.3 Å². The molecule has 2 saturated heterocycles. The molecule has 35 heavy (non-hydrogen) atoms. The first-order valence-corrected chi connectivity index (χ1v) is 13.8. The summed E-state index contributed by atoms with van der Waals surface area (Å²) in [4.78, 5) is 16.0. The van der Waals surface area contributed by atoms with E-state index in [4.69, 9.17) is 4.74 Å². The third-order valence-corrected chi connectivity index (χ3v) is 9.32. The summed E-state index contributed by atoms with van der Waals surface area (Å²) in [6.07, 6.45) is -4.00. The smallest absolute Gasteiger partial charge is 0.379 e. The van der Waals surface area contributed by atoms with Gasteiger partial charge < -0.3 is 10.1 Å². The summed E-state index contributed by atoms with van der Waals surface area (Å²) >= 11 is 1.64. The lowest BCUT2D eigenvalue weighted by molar-refractivity contribution is -0.137. The van der Waals surface area contributed by atoms with Crippen LogP contribution in [0.5, 0.6) is 0 Å². The number of carbonyl (C=O) groups excluding carboxylic acids is 1. The van der Waals surface area contributed by atoms with Crippen LogP contribution in [0.4, 0.5) is 13.2 Å². The molecule has 2 aliphatic heterocycles. The number of nitrogens with one attached hydrogen (secondary N) is 1. The second kappa shape index (κ2) is 11.0. The van der Waals surface area contributed by atoms with Crippen LogP contribution in [-0.4, -0.2) is 69.5 Å². The van der Waals surface area contributed by atoms with Crippen LogP contribution in [0.15, 0.2) is 46.7 Å². The van der Waals surface area contributed by atoms with E-state index in [0.717, 1.165) is 34.4 Å². The third kappa shape index (κ3) is 6.23. The number of benzene rings is 1. The van der Waals surface area contributed by atoms with E-state index in [2.05, 4.69) is 10.2 Å². The molecule has 0 aliphatic carbocycles. The number of amides is 1. The van der Waals surface area contributed by atoms with E-state index in [0.29, 0.717) is 38.7 Å². The lowest BCUT2D eigenvalue weighted by Gasteiger charge is -2.35. The molecule has 4 rings (SSSR count). The molecule has 2 aliphatic rings. The van der Waals surface area contributed by atoms with Crippen LogP contribution < -0.4 is 5.32 Å². The fourth-order valence-electron chi connectivity index (χ4n) is 4.46. The van der Waals surface area contributed by atoms with Crippen molar-refractivity contribution < 1.29 is 31.1 Å². The fourth-order valence-corrected chi connectivity index (χ4v) is 6.84. The molecule has 12 heteroatoms. The summed E-state index contributed by atoms with van der Waals surface area (Å²) in [5.74, 6) is -0.479. The van der Waals surface area contributed by atoms with Gasteiger partial charge in [-0.3, -0.25) is 9.69 Å². The minimum atomic E-state index is -4.63. The van der Waals surface area contributed by atoms with Crippen molar-refractivity contribution in [1.82, 2.24) is 14.5 Å². The van der Waals surface area contributed by atoms with E-state index in [1.807, 2.05) is 17.5 Å². The molecule has 192 valence electrons. The quantitative estimate of drug-likeness (QED) is 0.593. The minimum Gasteiger partial charge on any atom is -0.379 e. The molecular weight excluding hydrogens is 503 g/mol. The first-order valence-electron chi connectivity index (χ1n) is 11.5. The number of morpholine rings is 1. The van der Waals surface area contributed by atoms with Gasteiger partial charge in [0.15, 0.2) is 0 Å². The van der Waals surface area contributed by atoms with Crippen molar-refractivity contribution in [2.75, 3.05) is 45.9 Å². The number of sulfonamides is 1. The molecule has 0 unspecified atom stereocenters. The first-order chi connectivity index (χ1) is 16.7. The Bertz CT molecular complexity index is 1100. The van der Waals surface area contributed by atoms with Crippen molar-refractivity contribution in [3.05, 3.63) is 52.2 Å². The highest BCUT2D eigenvalue weighted by atomic mass is 32.2. The lowest BCUT2D eigenvalue weighted by Crippen LogP contribution is -2.46. The Morgan fingerprint density at radius 1 is 1.11 bits per heavy atom. The number of thiophene rings is 1. The standard InChI is InChI=1S/C23H28F3N3O4S2/c24-23(25,26)18-3-1-4-19(15-18)35(31,32)29-8-6-17(7-9-29)22(30)27-16-20(21-5-2-14-34-21)28-10-12-33-13-11-28/h1-5,14-15,17,20H,6-13,16H2,(H,27,30)/t20-/m0/s1. The summed E-state index contributed by atoms with van der Waals surface area (Å²) in [6.45, 7) is 3.46. The summed E-state index contributed by atoms with van der Waals surface area (Å²) in [5, 5.41) is 5.04. The van der Waals surface area contributed by atoms with Crippen molar-refractivity contribution in [2.45, 2.75) is 30.0 Å². The Labute approximate surface area is 206 Å². The molecule has 2 aromatic rings. The fraction of sp³-hybridized carbons (Fsp3) is 0.522. The molecule has 0 spiro atoms. The van der Waals surface area contributed by atoms with E-state index in [9.17, 15) is 26.4 Å². The van der Waals surface area contributed by atoms with Crippen molar-refractivity contribution in [2.24, 2.45) is 5.92 Å². The van der Waals surface area contributed by atoms with Gasteiger partial charge in [-0.25, -0.2) is 8.42 Å². The molecule has 1 amide bonds. The number of halogens is 3. The van der Waals surface area contributed by atoms with Crippen molar-refractivity contribution in [3.8, 4) is 0 Å². The molecule has 3 heterocycles. The van der Waals surface area contributed by atoms with Crippen LogP contribution >= 0.6 is 11.3 Å². The summed E-state index contributed by atoms with van der Waals surface area (Å²) in [7, 11) is -4.08. The van der Waals surface area contributed by atoms with E-state index >= 15 is 0 Å². The van der Waals surface area contributed by atoms with Crippen molar-refractivity contribution in [3.63, 3.8) is 0 Å². The van der Waals surface area contributed by atoms with Crippen LogP contribution in [-0.2, 0) is 25.7 Å². The Balaban J connectivity index is 1.34. The summed E-state index contributed by atoms with van der Waals surface area (Å²) in [6, 6.07) is 7.84. The Morgan fingerprint density at radius 2 is 1.83 bits per heavy atom. The van der Waals surface area contributed by atoms with Gasteiger partial charge in [0.1, 0.15) is 0 Å². The Kier molecular flexibility index (Phi) is 8.16. The molecule has 1 atom stereocenters. The molecule has 0 bridgehead atoms. The summed E-state index contributed by atoms with van der Waals surface area (Å²) in [5.41, 5.74) is -1.01. The monoisotopic (exact) mass is 531 g/mol. The van der Waals surface area contributed by atoms with E-state index < -0.39 is 21.8 Å². The number of hydrogen-bond acceptors (Lipinski definition) is 6. The average molecular weight is 532 g/mol. The van der Waals surface area contributed by atoms with Gasteiger partial charge in [0.25, 0.3) is 0 Å². The number of hydrogen-bond donors (Lipinski definition) is 1. The highest BCUT2D eigenvalue weighted by Crippen LogP contribution is 2.32. The molecule has 1 N–H and O–H groups in total. The van der Waals surface area contributed by atoms with Gasteiger partial charge in [-0.05, 0) is 42.5 Å². The SMILES string of the molecule is O=C(NC[C@@H](c1cccs1)N1CCOCC1)C1CCN(S(=O)(=O)c2cccc(C(F)(F)F)c2)CC1. The maximum atomic E-state index is 13.0. The first kappa shape index (κ1) is 26.1. The number of nitrogens with zero attached hydrogens (tertiary/aromatic N) is 2. The van der Waals surface area contributed by atoms with Gasteiger partial charge in [0.05, 0.1) is 29.7 Å². The lowest BCUT2D eigenvalue weighted by atomic mass is 9.97. The van der Waals surface area contributed by atoms with Crippen LogP contribution in [0.1, 0.15) is 29.3 Å². The Morgan fingerprint density at radius 3 is 2.46 bits per heavy atom. The normalized spacial score (nSPS) is 20.0. The largest absolute Gasteiger partial charge is 0.416 e. The molecule has 0 radical (unpaired) electrons. The number of piperidine rings is 1. The molecule has 1 aromatic heterocycles. The van der Waals surface area contributed by atoms with Gasteiger partial charge in [-0.1, -0.05) is 12.1 Å². The number of rotatable bonds is 7. The maximum Gasteiger partial charge on any atom is 0.416 e. The zero-order chi connectivity index (χ0) is 25.1. The zero-order valence-corrected chi connectivity index (χ0v) is 20.7. The van der Waals surface area contributed by atoms with Crippen molar-refractivity contribution >= 4 is 27.3 Å². The third-order valence-electron chi connectivity index (χ3n) is 6.45. The minimum absolute atomic E-state index is 0.0456. The zero-order valence-electron chi connectivity index (χ0n) is 19.0. The van der Waals surface area contributed by atoms with Gasteiger partial charge in [-0.2, -0.15) is 17.5 Å². The highest BCUT2D eigenvalue weighted by Gasteiger charge is 2.35. The number of ether oxygens (including phenoxy) is 1. The summed E-state index contributed by atoms with van der Waals surface area (Å²) < 4.78 is 71.5. The van der Waals surface area contributed by atoms with E-state index in [-0.39, 0.29) is 35.9 Å². The van der Waals surface area contributed by atoms with Crippen LogP contribution in [0.25, 0.3) is 0 Å². The van der Waals surface area contributed by atoms with E-state index in [1.165, 1.54) is 6.07 Å². The second-order valence-corrected chi connectivity index (χ2v) is 11.5. The average Bonchev–Trinajstić information content (AvgIpc) is 3.39. The van der Waals surface area contributed by atoms with Gasteiger partial charge in [0, 0.05) is 43.5 Å². The second-order valence-electron chi connectivity index (χ2n) is 8.63. The van der Waals surface area contributed by atoms with Gasteiger partial charge in [-0.15, -0.1) is 11.3 Å². The van der Waals surface area contributed by atoms with Gasteiger partial charge in [0.2, 0.25) is 15.9 Å². The highest BCUT2D eigenvalue weighted by molar-refractivity contribution is 7.89. The molecule has 7 nitrogen and oxygen atoms in total. The number of carbonyl (C=O) groups is 1. The van der Waals surface area contributed by atoms with Crippen LogP contribution in [0, 0.1) is 5.92 Å².